The van der Waals surface area contributed by atoms with Crippen LogP contribution in [0.3, 0.4) is 0 Å². The third-order valence-electron chi connectivity index (χ3n) is 2.79. The first-order valence-electron chi connectivity index (χ1n) is 6.56. The first kappa shape index (κ1) is 16.1. The number of anilines is 2. The SMILES string of the molecule is CCNc1ncnc(N(C)CCCN(C)C)c1[N+](=O)[O-]. The molecule has 0 aromatic carbocycles. The van der Waals surface area contributed by atoms with Crippen LogP contribution in [0.2, 0.25) is 0 Å². The molecule has 1 aromatic heterocycles. The quantitative estimate of drug-likeness (QED) is 0.566. The lowest BCUT2D eigenvalue weighted by Crippen LogP contribution is -2.25. The Morgan fingerprint density at radius 1 is 1.30 bits per heavy atom. The molecule has 0 fully saturated rings. The summed E-state index contributed by atoms with van der Waals surface area (Å²) in [5, 5.41) is 14.2. The maximum atomic E-state index is 11.3. The van der Waals surface area contributed by atoms with Gasteiger partial charge in [-0.25, -0.2) is 9.97 Å². The van der Waals surface area contributed by atoms with Crippen LogP contribution in [0.5, 0.6) is 0 Å². The van der Waals surface area contributed by atoms with Gasteiger partial charge >= 0.3 is 5.69 Å². The van der Waals surface area contributed by atoms with Crippen LogP contribution in [0, 0.1) is 10.1 Å². The van der Waals surface area contributed by atoms with Crippen LogP contribution in [0.25, 0.3) is 0 Å². The molecule has 1 N–H and O–H groups in total. The van der Waals surface area contributed by atoms with Crippen molar-refractivity contribution in [3.8, 4) is 0 Å². The van der Waals surface area contributed by atoms with Gasteiger partial charge in [0.05, 0.1) is 4.92 Å². The summed E-state index contributed by atoms with van der Waals surface area (Å²) in [7, 11) is 5.80. The van der Waals surface area contributed by atoms with E-state index >= 15 is 0 Å². The van der Waals surface area contributed by atoms with Crippen LogP contribution < -0.4 is 10.2 Å². The summed E-state index contributed by atoms with van der Waals surface area (Å²) in [5.41, 5.74) is -0.0679. The fraction of sp³-hybridized carbons (Fsp3) is 0.667. The molecule has 0 bridgehead atoms. The molecule has 0 atom stereocenters. The van der Waals surface area contributed by atoms with Crippen molar-refractivity contribution in [2.75, 3.05) is 51.0 Å². The molecule has 0 spiro atoms. The zero-order valence-corrected chi connectivity index (χ0v) is 12.5. The van der Waals surface area contributed by atoms with Crippen molar-refractivity contribution in [2.45, 2.75) is 13.3 Å². The molecule has 8 nitrogen and oxygen atoms in total. The average molecular weight is 282 g/mol. The molecule has 0 aliphatic rings. The Balaban J connectivity index is 2.92. The van der Waals surface area contributed by atoms with Crippen molar-refractivity contribution < 1.29 is 4.92 Å². The molecule has 8 heteroatoms. The van der Waals surface area contributed by atoms with Crippen LogP contribution in [0.4, 0.5) is 17.3 Å². The molecule has 0 aliphatic carbocycles. The van der Waals surface area contributed by atoms with Gasteiger partial charge in [0.15, 0.2) is 0 Å². The summed E-state index contributed by atoms with van der Waals surface area (Å²) in [6.45, 7) is 4.05. The largest absolute Gasteiger partial charge is 0.364 e. The summed E-state index contributed by atoms with van der Waals surface area (Å²) in [4.78, 5) is 22.7. The standard InChI is InChI=1S/C12H22N6O2/c1-5-13-11-10(18(19)20)12(15-9-14-11)17(4)8-6-7-16(2)3/h9H,5-8H2,1-4H3,(H,13,14,15). The van der Waals surface area contributed by atoms with E-state index in [1.807, 2.05) is 21.0 Å². The molecule has 1 rings (SSSR count). The lowest BCUT2D eigenvalue weighted by molar-refractivity contribution is -0.383. The summed E-state index contributed by atoms with van der Waals surface area (Å²) in [5.74, 6) is 0.613. The van der Waals surface area contributed by atoms with E-state index in [1.165, 1.54) is 6.33 Å². The third kappa shape index (κ3) is 4.30. The molecule has 1 heterocycles. The molecule has 1 aromatic rings. The van der Waals surface area contributed by atoms with Gasteiger partial charge in [0.25, 0.3) is 0 Å². The lowest BCUT2D eigenvalue weighted by atomic mass is 10.3. The van der Waals surface area contributed by atoms with E-state index in [9.17, 15) is 10.1 Å². The Bertz CT molecular complexity index is 452. The highest BCUT2D eigenvalue weighted by molar-refractivity contribution is 5.69. The number of hydrogen-bond donors (Lipinski definition) is 1. The normalized spacial score (nSPS) is 10.7. The number of aromatic nitrogens is 2. The summed E-state index contributed by atoms with van der Waals surface area (Å²) in [6.07, 6.45) is 2.25. The number of hydrogen-bond acceptors (Lipinski definition) is 7. The third-order valence-corrected chi connectivity index (χ3v) is 2.79. The van der Waals surface area contributed by atoms with E-state index in [1.54, 1.807) is 11.9 Å². The van der Waals surface area contributed by atoms with Gasteiger partial charge in [-0.05, 0) is 34.0 Å². The molecule has 20 heavy (non-hydrogen) atoms. The molecular formula is C12H22N6O2. The highest BCUT2D eigenvalue weighted by Crippen LogP contribution is 2.30. The van der Waals surface area contributed by atoms with E-state index in [2.05, 4.69) is 20.2 Å². The maximum Gasteiger partial charge on any atom is 0.353 e. The van der Waals surface area contributed by atoms with Gasteiger partial charge in [-0.2, -0.15) is 0 Å². The van der Waals surface area contributed by atoms with E-state index in [-0.39, 0.29) is 11.5 Å². The zero-order chi connectivity index (χ0) is 15.1. The van der Waals surface area contributed by atoms with Gasteiger partial charge in [-0.1, -0.05) is 0 Å². The van der Waals surface area contributed by atoms with E-state index in [0.29, 0.717) is 18.9 Å². The second-order valence-corrected chi connectivity index (χ2v) is 4.76. The Kier molecular flexibility index (Phi) is 6.10. The average Bonchev–Trinajstić information content (AvgIpc) is 2.38. The minimum absolute atomic E-state index is 0.0679. The Hall–Kier alpha value is -1.96. The van der Waals surface area contributed by atoms with E-state index in [4.69, 9.17) is 0 Å². The minimum Gasteiger partial charge on any atom is -0.364 e. The molecular weight excluding hydrogens is 260 g/mol. The highest BCUT2D eigenvalue weighted by Gasteiger charge is 2.24. The number of nitrogens with zero attached hydrogens (tertiary/aromatic N) is 5. The first-order chi connectivity index (χ1) is 9.47. The lowest BCUT2D eigenvalue weighted by Gasteiger charge is -2.19. The Morgan fingerprint density at radius 3 is 2.55 bits per heavy atom. The van der Waals surface area contributed by atoms with Gasteiger partial charge in [0, 0.05) is 20.1 Å². The maximum absolute atomic E-state index is 11.3. The smallest absolute Gasteiger partial charge is 0.353 e. The Morgan fingerprint density at radius 2 is 2.00 bits per heavy atom. The van der Waals surface area contributed by atoms with E-state index in [0.717, 1.165) is 13.0 Å². The highest BCUT2D eigenvalue weighted by atomic mass is 16.6. The minimum atomic E-state index is -0.435. The second kappa shape index (κ2) is 7.59. The molecule has 0 aliphatic heterocycles. The van der Waals surface area contributed by atoms with Crippen LogP contribution in [0.15, 0.2) is 6.33 Å². The number of nitrogens with one attached hydrogen (secondary N) is 1. The van der Waals surface area contributed by atoms with Crippen LogP contribution in [-0.4, -0.2) is 60.6 Å². The first-order valence-corrected chi connectivity index (χ1v) is 6.56. The van der Waals surface area contributed by atoms with Gasteiger partial charge in [0.2, 0.25) is 11.6 Å². The zero-order valence-electron chi connectivity index (χ0n) is 12.5. The van der Waals surface area contributed by atoms with Crippen LogP contribution in [-0.2, 0) is 0 Å². The van der Waals surface area contributed by atoms with Crippen molar-refractivity contribution in [3.63, 3.8) is 0 Å². The number of nitro groups is 1. The Labute approximate surface area is 119 Å². The van der Waals surface area contributed by atoms with Crippen molar-refractivity contribution in [2.24, 2.45) is 0 Å². The summed E-state index contributed by atoms with van der Waals surface area (Å²) >= 11 is 0. The van der Waals surface area contributed by atoms with Gasteiger partial charge in [0.1, 0.15) is 6.33 Å². The van der Waals surface area contributed by atoms with Crippen molar-refractivity contribution in [1.82, 2.24) is 14.9 Å². The molecule has 0 saturated heterocycles. The monoisotopic (exact) mass is 282 g/mol. The van der Waals surface area contributed by atoms with Crippen molar-refractivity contribution in [1.29, 1.82) is 0 Å². The number of rotatable bonds is 8. The van der Waals surface area contributed by atoms with Gasteiger partial charge < -0.3 is 15.1 Å². The fourth-order valence-corrected chi connectivity index (χ4v) is 1.84. The van der Waals surface area contributed by atoms with Crippen LogP contribution in [0.1, 0.15) is 13.3 Å². The molecule has 0 radical (unpaired) electrons. The molecule has 0 amide bonds. The molecule has 112 valence electrons. The van der Waals surface area contributed by atoms with Gasteiger partial charge in [-0.3, -0.25) is 10.1 Å². The van der Waals surface area contributed by atoms with Gasteiger partial charge in [-0.15, -0.1) is 0 Å². The summed E-state index contributed by atoms with van der Waals surface area (Å²) < 4.78 is 0. The fourth-order valence-electron chi connectivity index (χ4n) is 1.84. The van der Waals surface area contributed by atoms with E-state index < -0.39 is 4.92 Å². The molecule has 0 unspecified atom stereocenters. The predicted molar refractivity (Wildman–Crippen MR) is 79.3 cm³/mol. The van der Waals surface area contributed by atoms with Crippen molar-refractivity contribution >= 4 is 17.3 Å². The van der Waals surface area contributed by atoms with Crippen molar-refractivity contribution in [3.05, 3.63) is 16.4 Å². The summed E-state index contributed by atoms with van der Waals surface area (Å²) in [6, 6.07) is 0. The predicted octanol–water partition coefficient (Wildman–Crippen LogP) is 1.20. The second-order valence-electron chi connectivity index (χ2n) is 4.76. The topological polar surface area (TPSA) is 87.4 Å². The molecule has 0 saturated carbocycles. The van der Waals surface area contributed by atoms with Crippen LogP contribution >= 0.6 is 0 Å².